The van der Waals surface area contributed by atoms with Crippen molar-refractivity contribution in [2.24, 2.45) is 0 Å². The highest BCUT2D eigenvalue weighted by Gasteiger charge is 2.16. The minimum absolute atomic E-state index is 0.810. The molecule has 248 valence electrons. The van der Waals surface area contributed by atoms with Crippen molar-refractivity contribution in [2.45, 2.75) is 6.92 Å². The van der Waals surface area contributed by atoms with Gasteiger partial charge in [0.05, 0.1) is 0 Å². The van der Waals surface area contributed by atoms with Crippen LogP contribution in [0.1, 0.15) is 18.2 Å². The molecule has 0 atom stereocenters. The molecule has 0 aliphatic carbocycles. The molecule has 3 heterocycles. The molecule has 0 saturated heterocycles. The lowest BCUT2D eigenvalue weighted by Gasteiger charge is -2.24. The highest BCUT2D eigenvalue weighted by molar-refractivity contribution is 6.06. The molecule has 9 aromatic rings. The Morgan fingerprint density at radius 3 is 1.69 bits per heavy atom. The lowest BCUT2D eigenvalue weighted by molar-refractivity contribution is 0.603. The predicted molar refractivity (Wildman–Crippen MR) is 217 cm³/mol. The van der Waals surface area contributed by atoms with E-state index < -0.39 is 0 Å². The third-order valence-corrected chi connectivity index (χ3v) is 9.60. The maximum Gasteiger partial charge on any atom is 0.137 e. The van der Waals surface area contributed by atoms with Gasteiger partial charge >= 0.3 is 0 Å². The van der Waals surface area contributed by atoms with E-state index in [0.717, 1.165) is 94.8 Å². The van der Waals surface area contributed by atoms with Crippen molar-refractivity contribution < 1.29 is 8.83 Å². The molecule has 0 fully saturated rings. The summed E-state index contributed by atoms with van der Waals surface area (Å²) in [5.41, 5.74) is 12.0. The Hall–Kier alpha value is -6.91. The van der Waals surface area contributed by atoms with Gasteiger partial charge in [-0.25, -0.2) is 4.98 Å². The minimum Gasteiger partial charge on any atom is -0.456 e. The molecule has 0 amide bonds. The van der Waals surface area contributed by atoms with Crippen LogP contribution in [0.2, 0.25) is 0 Å². The second kappa shape index (κ2) is 13.1. The van der Waals surface area contributed by atoms with E-state index in [9.17, 15) is 0 Å². The highest BCUT2D eigenvalue weighted by Crippen LogP contribution is 2.39. The third kappa shape index (κ3) is 5.57. The first-order valence-corrected chi connectivity index (χ1v) is 17.4. The second-order valence-corrected chi connectivity index (χ2v) is 12.8. The van der Waals surface area contributed by atoms with Crippen molar-refractivity contribution in [1.82, 2.24) is 4.98 Å². The Morgan fingerprint density at radius 2 is 1.08 bits per heavy atom. The van der Waals surface area contributed by atoms with Gasteiger partial charge in [0, 0.05) is 44.9 Å². The molecule has 0 saturated carbocycles. The highest BCUT2D eigenvalue weighted by atomic mass is 16.3. The summed E-state index contributed by atoms with van der Waals surface area (Å²) in [6, 6.07) is 52.7. The average molecular weight is 671 g/mol. The molecule has 6 aromatic carbocycles. The van der Waals surface area contributed by atoms with Gasteiger partial charge in [0.2, 0.25) is 0 Å². The van der Waals surface area contributed by atoms with E-state index in [1.54, 1.807) is 0 Å². The standard InChI is InChI=1S/C48H34N2O2/c1-3-13-44-40(4-2)42-23-20-32(29-46(42)51-44)35-26-36(33-21-24-43-41-18-11-12-19-45(41)52-47(43)30-33)28-37(27-35)34-22-25-48(49-31-34)50(38-14-7-5-8-15-38)39-16-9-6-10-17-39/h3-31H,2H2,1H3/b13-3-. The van der Waals surface area contributed by atoms with Crippen LogP contribution in [-0.2, 0) is 0 Å². The van der Waals surface area contributed by atoms with Gasteiger partial charge in [0.1, 0.15) is 28.3 Å². The molecule has 0 radical (unpaired) electrons. The maximum atomic E-state index is 6.32. The van der Waals surface area contributed by atoms with Gasteiger partial charge in [-0.05, 0) is 126 Å². The summed E-state index contributed by atoms with van der Waals surface area (Å²) in [5.74, 6) is 1.65. The van der Waals surface area contributed by atoms with Crippen LogP contribution in [0.25, 0.3) is 78.4 Å². The average Bonchev–Trinajstić information content (AvgIpc) is 3.75. The van der Waals surface area contributed by atoms with E-state index in [1.165, 1.54) is 0 Å². The number of benzene rings is 6. The summed E-state index contributed by atoms with van der Waals surface area (Å²) in [5, 5.41) is 3.27. The number of furan rings is 2. The molecule has 3 aromatic heterocycles. The number of rotatable bonds is 8. The normalized spacial score (nSPS) is 11.6. The number of nitrogens with zero attached hydrogens (tertiary/aromatic N) is 2. The number of allylic oxidation sites excluding steroid dienone is 1. The lowest BCUT2D eigenvalue weighted by Crippen LogP contribution is -2.11. The van der Waals surface area contributed by atoms with E-state index in [-0.39, 0.29) is 0 Å². The summed E-state index contributed by atoms with van der Waals surface area (Å²) in [7, 11) is 0. The predicted octanol–water partition coefficient (Wildman–Crippen LogP) is 13.9. The van der Waals surface area contributed by atoms with Crippen molar-refractivity contribution in [3.05, 3.63) is 182 Å². The molecule has 0 spiro atoms. The van der Waals surface area contributed by atoms with Gasteiger partial charge in [-0.1, -0.05) is 85.5 Å². The van der Waals surface area contributed by atoms with Crippen molar-refractivity contribution >= 4 is 62.3 Å². The van der Waals surface area contributed by atoms with Crippen LogP contribution >= 0.6 is 0 Å². The Morgan fingerprint density at radius 1 is 0.519 bits per heavy atom. The molecule has 0 unspecified atom stereocenters. The van der Waals surface area contributed by atoms with Crippen molar-refractivity contribution in [1.29, 1.82) is 0 Å². The Bertz CT molecular complexity index is 2720. The fourth-order valence-electron chi connectivity index (χ4n) is 7.09. The number of para-hydroxylation sites is 3. The molecule has 4 nitrogen and oxygen atoms in total. The summed E-state index contributed by atoms with van der Waals surface area (Å²) < 4.78 is 12.6. The number of fused-ring (bicyclic) bond motifs is 4. The molecule has 0 N–H and O–H groups in total. The van der Waals surface area contributed by atoms with E-state index in [4.69, 9.17) is 13.8 Å². The smallest absolute Gasteiger partial charge is 0.137 e. The molecule has 0 aliphatic rings. The summed E-state index contributed by atoms with van der Waals surface area (Å²) in [6.45, 7) is 6.03. The monoisotopic (exact) mass is 670 g/mol. The van der Waals surface area contributed by atoms with Gasteiger partial charge in [0.25, 0.3) is 0 Å². The van der Waals surface area contributed by atoms with Crippen LogP contribution < -0.4 is 4.90 Å². The number of pyridine rings is 1. The number of aromatic nitrogens is 1. The first-order chi connectivity index (χ1) is 25.7. The number of anilines is 3. The SMILES string of the molecule is C=Cc1c(/C=C\C)oc2cc(-c3cc(-c4ccc(N(c5ccccc5)c5ccccc5)nc4)cc(-c4ccc5c(c4)oc4ccccc45)c3)ccc12. The van der Waals surface area contributed by atoms with Crippen LogP contribution in [0.15, 0.2) is 179 Å². The molecule has 52 heavy (non-hydrogen) atoms. The Balaban J connectivity index is 1.18. The molecular weight excluding hydrogens is 637 g/mol. The van der Waals surface area contributed by atoms with E-state index >= 15 is 0 Å². The largest absolute Gasteiger partial charge is 0.456 e. The van der Waals surface area contributed by atoms with Gasteiger partial charge in [-0.2, -0.15) is 0 Å². The zero-order valence-corrected chi connectivity index (χ0v) is 28.7. The van der Waals surface area contributed by atoms with Crippen molar-refractivity contribution in [3.8, 4) is 33.4 Å². The van der Waals surface area contributed by atoms with Crippen molar-refractivity contribution in [2.75, 3.05) is 4.90 Å². The first-order valence-electron chi connectivity index (χ1n) is 17.4. The number of hydrogen-bond acceptors (Lipinski definition) is 4. The van der Waals surface area contributed by atoms with E-state index in [2.05, 4.69) is 139 Å². The Kier molecular flexibility index (Phi) is 7.83. The van der Waals surface area contributed by atoms with E-state index in [0.29, 0.717) is 0 Å². The quantitative estimate of drug-likeness (QED) is 0.161. The zero-order valence-electron chi connectivity index (χ0n) is 28.7. The lowest BCUT2D eigenvalue weighted by atomic mass is 9.93. The topological polar surface area (TPSA) is 42.4 Å². The van der Waals surface area contributed by atoms with Crippen LogP contribution in [0.3, 0.4) is 0 Å². The van der Waals surface area contributed by atoms with Gasteiger partial charge in [-0.15, -0.1) is 0 Å². The summed E-state index contributed by atoms with van der Waals surface area (Å²) >= 11 is 0. The van der Waals surface area contributed by atoms with E-state index in [1.807, 2.05) is 55.6 Å². The molecule has 0 bridgehead atoms. The zero-order chi connectivity index (χ0) is 35.0. The first kappa shape index (κ1) is 31.1. The third-order valence-electron chi connectivity index (χ3n) is 9.60. The van der Waals surface area contributed by atoms with Crippen molar-refractivity contribution in [3.63, 3.8) is 0 Å². The number of hydrogen-bond donors (Lipinski definition) is 0. The molecule has 0 aliphatic heterocycles. The summed E-state index contributed by atoms with van der Waals surface area (Å²) in [4.78, 5) is 7.21. The minimum atomic E-state index is 0.810. The van der Waals surface area contributed by atoms with Gasteiger partial charge in [0.15, 0.2) is 0 Å². The molecule has 9 rings (SSSR count). The second-order valence-electron chi connectivity index (χ2n) is 12.8. The summed E-state index contributed by atoms with van der Waals surface area (Å²) in [6.07, 6.45) is 7.80. The maximum absolute atomic E-state index is 6.32. The molecular formula is C48H34N2O2. The fraction of sp³-hybridized carbons (Fsp3) is 0.0208. The van der Waals surface area contributed by atoms with Gasteiger partial charge < -0.3 is 8.83 Å². The van der Waals surface area contributed by atoms with Gasteiger partial charge in [-0.3, -0.25) is 4.90 Å². The van der Waals surface area contributed by atoms with Crippen LogP contribution in [0.4, 0.5) is 17.2 Å². The van der Waals surface area contributed by atoms with Crippen LogP contribution in [-0.4, -0.2) is 4.98 Å². The van der Waals surface area contributed by atoms with Crippen LogP contribution in [0, 0.1) is 0 Å². The van der Waals surface area contributed by atoms with Crippen LogP contribution in [0.5, 0.6) is 0 Å². The molecule has 4 heteroatoms. The Labute approximate surface area is 302 Å². The fourth-order valence-corrected chi connectivity index (χ4v) is 7.09.